The lowest BCUT2D eigenvalue weighted by Gasteiger charge is -2.19. The van der Waals surface area contributed by atoms with Gasteiger partial charge in [-0.2, -0.15) is 5.26 Å². The maximum absolute atomic E-state index is 8.64. The summed E-state index contributed by atoms with van der Waals surface area (Å²) in [6, 6.07) is 2.22. The van der Waals surface area contributed by atoms with Crippen molar-refractivity contribution in [1.82, 2.24) is 4.90 Å². The molecule has 1 atom stereocenters. The third kappa shape index (κ3) is 8.49. The largest absolute Gasteiger partial charge is 0.291 e. The predicted octanol–water partition coefficient (Wildman–Crippen LogP) is 3.60. The van der Waals surface area contributed by atoms with E-state index in [9.17, 15) is 0 Å². The van der Waals surface area contributed by atoms with E-state index in [0.717, 1.165) is 19.0 Å². The fourth-order valence-electron chi connectivity index (χ4n) is 1.65. The van der Waals surface area contributed by atoms with Gasteiger partial charge < -0.3 is 0 Å². The minimum Gasteiger partial charge on any atom is -0.291 e. The van der Waals surface area contributed by atoms with Crippen LogP contribution in [0.1, 0.15) is 47.0 Å². The average Bonchev–Trinajstić information content (AvgIpc) is 2.23. The zero-order chi connectivity index (χ0) is 12.4. The SMILES string of the molecule is CCN(CC#N)CC[C@@H](C)CCC=C(C)C. The monoisotopic (exact) mass is 222 g/mol. The second kappa shape index (κ2) is 9.42. The Kier molecular flexibility index (Phi) is 8.94. The van der Waals surface area contributed by atoms with Crippen molar-refractivity contribution in [2.24, 2.45) is 5.92 Å². The lowest BCUT2D eigenvalue weighted by molar-refractivity contribution is 0.291. The minimum absolute atomic E-state index is 0.567. The van der Waals surface area contributed by atoms with E-state index in [1.807, 2.05) is 0 Å². The second-order valence-electron chi connectivity index (χ2n) is 4.78. The highest BCUT2D eigenvalue weighted by Crippen LogP contribution is 2.12. The van der Waals surface area contributed by atoms with Crippen LogP contribution in [0.2, 0.25) is 0 Å². The number of allylic oxidation sites excluding steroid dienone is 2. The first-order chi connectivity index (χ1) is 7.60. The quantitative estimate of drug-likeness (QED) is 0.463. The van der Waals surface area contributed by atoms with E-state index in [0.29, 0.717) is 6.54 Å². The molecule has 0 aromatic rings. The molecule has 0 amide bonds. The molecule has 0 fully saturated rings. The summed E-state index contributed by atoms with van der Waals surface area (Å²) < 4.78 is 0. The third-order valence-electron chi connectivity index (χ3n) is 2.89. The van der Waals surface area contributed by atoms with Crippen molar-refractivity contribution in [3.05, 3.63) is 11.6 Å². The normalized spacial score (nSPS) is 12.2. The molecule has 0 aromatic carbocycles. The molecule has 2 heteroatoms. The van der Waals surface area contributed by atoms with E-state index >= 15 is 0 Å². The molecule has 2 nitrogen and oxygen atoms in total. The Morgan fingerprint density at radius 1 is 1.38 bits per heavy atom. The van der Waals surface area contributed by atoms with Crippen LogP contribution in [0.5, 0.6) is 0 Å². The van der Waals surface area contributed by atoms with E-state index in [-0.39, 0.29) is 0 Å². The smallest absolute Gasteiger partial charge is 0.0865 e. The van der Waals surface area contributed by atoms with Crippen molar-refractivity contribution in [2.75, 3.05) is 19.6 Å². The molecule has 0 radical (unpaired) electrons. The van der Waals surface area contributed by atoms with Gasteiger partial charge in [0.05, 0.1) is 12.6 Å². The zero-order valence-corrected chi connectivity index (χ0v) is 11.3. The number of nitriles is 1. The summed E-state index contributed by atoms with van der Waals surface area (Å²) in [5, 5.41) is 8.64. The Bertz CT molecular complexity index is 234. The Balaban J connectivity index is 3.67. The van der Waals surface area contributed by atoms with Gasteiger partial charge in [0, 0.05) is 0 Å². The molecule has 0 saturated carbocycles. The highest BCUT2D eigenvalue weighted by molar-refractivity contribution is 4.92. The van der Waals surface area contributed by atoms with Crippen LogP contribution in [0.3, 0.4) is 0 Å². The summed E-state index contributed by atoms with van der Waals surface area (Å²) in [6.07, 6.45) is 5.96. The Morgan fingerprint density at radius 2 is 2.06 bits per heavy atom. The number of hydrogen-bond donors (Lipinski definition) is 0. The zero-order valence-electron chi connectivity index (χ0n) is 11.3. The van der Waals surface area contributed by atoms with Crippen LogP contribution in [0.25, 0.3) is 0 Å². The minimum atomic E-state index is 0.567. The van der Waals surface area contributed by atoms with Crippen molar-refractivity contribution in [2.45, 2.75) is 47.0 Å². The average molecular weight is 222 g/mol. The van der Waals surface area contributed by atoms with Crippen LogP contribution >= 0.6 is 0 Å². The lowest BCUT2D eigenvalue weighted by Crippen LogP contribution is -2.26. The molecule has 0 aliphatic heterocycles. The first-order valence-corrected chi connectivity index (χ1v) is 6.32. The van der Waals surface area contributed by atoms with Crippen LogP contribution in [-0.4, -0.2) is 24.5 Å². The van der Waals surface area contributed by atoms with Gasteiger partial charge in [0.2, 0.25) is 0 Å². The molecule has 92 valence electrons. The molecular formula is C14H26N2. The topological polar surface area (TPSA) is 27.0 Å². The van der Waals surface area contributed by atoms with E-state index in [2.05, 4.69) is 44.7 Å². The van der Waals surface area contributed by atoms with E-state index in [1.54, 1.807) is 0 Å². The van der Waals surface area contributed by atoms with Gasteiger partial charge in [-0.1, -0.05) is 25.5 Å². The standard InChI is InChI=1S/C14H26N2/c1-5-16(12-10-15)11-9-14(4)8-6-7-13(2)3/h7,14H,5-6,8-9,11-12H2,1-4H3/t14-/m0/s1. The van der Waals surface area contributed by atoms with Crippen LogP contribution in [0.15, 0.2) is 11.6 Å². The van der Waals surface area contributed by atoms with Gasteiger partial charge in [-0.05, 0) is 52.1 Å². The Hall–Kier alpha value is -0.810. The van der Waals surface area contributed by atoms with Gasteiger partial charge >= 0.3 is 0 Å². The molecule has 0 aliphatic carbocycles. The van der Waals surface area contributed by atoms with Gasteiger partial charge in [0.25, 0.3) is 0 Å². The first kappa shape index (κ1) is 15.2. The highest BCUT2D eigenvalue weighted by Gasteiger charge is 2.05. The van der Waals surface area contributed by atoms with Crippen molar-refractivity contribution in [3.8, 4) is 6.07 Å². The van der Waals surface area contributed by atoms with Crippen LogP contribution < -0.4 is 0 Å². The van der Waals surface area contributed by atoms with E-state index in [1.165, 1.54) is 24.8 Å². The Labute approximate surface area is 101 Å². The fourth-order valence-corrected chi connectivity index (χ4v) is 1.65. The van der Waals surface area contributed by atoms with Crippen LogP contribution in [0.4, 0.5) is 0 Å². The molecule has 0 spiro atoms. The molecule has 0 aliphatic rings. The highest BCUT2D eigenvalue weighted by atomic mass is 15.1. The lowest BCUT2D eigenvalue weighted by atomic mass is 10.0. The molecule has 0 N–H and O–H groups in total. The summed E-state index contributed by atoms with van der Waals surface area (Å²) in [5.41, 5.74) is 1.41. The predicted molar refractivity (Wildman–Crippen MR) is 70.2 cm³/mol. The summed E-state index contributed by atoms with van der Waals surface area (Å²) in [4.78, 5) is 2.21. The molecule has 0 unspecified atom stereocenters. The maximum atomic E-state index is 8.64. The second-order valence-corrected chi connectivity index (χ2v) is 4.78. The molecule has 0 aromatic heterocycles. The fraction of sp³-hybridized carbons (Fsp3) is 0.786. The van der Waals surface area contributed by atoms with Crippen LogP contribution in [0, 0.1) is 17.2 Å². The summed E-state index contributed by atoms with van der Waals surface area (Å²) in [6.45, 7) is 11.3. The molecule has 0 bridgehead atoms. The molecule has 0 heterocycles. The first-order valence-electron chi connectivity index (χ1n) is 6.32. The van der Waals surface area contributed by atoms with Gasteiger partial charge in [-0.15, -0.1) is 0 Å². The summed E-state index contributed by atoms with van der Waals surface area (Å²) >= 11 is 0. The van der Waals surface area contributed by atoms with Crippen molar-refractivity contribution < 1.29 is 0 Å². The number of rotatable bonds is 8. The summed E-state index contributed by atoms with van der Waals surface area (Å²) in [7, 11) is 0. The van der Waals surface area contributed by atoms with Gasteiger partial charge in [0.15, 0.2) is 0 Å². The van der Waals surface area contributed by atoms with E-state index in [4.69, 9.17) is 5.26 Å². The van der Waals surface area contributed by atoms with Gasteiger partial charge in [-0.25, -0.2) is 0 Å². The third-order valence-corrected chi connectivity index (χ3v) is 2.89. The Morgan fingerprint density at radius 3 is 2.56 bits per heavy atom. The molecular weight excluding hydrogens is 196 g/mol. The van der Waals surface area contributed by atoms with Crippen molar-refractivity contribution >= 4 is 0 Å². The maximum Gasteiger partial charge on any atom is 0.0865 e. The van der Waals surface area contributed by atoms with Gasteiger partial charge in [-0.3, -0.25) is 4.90 Å². The van der Waals surface area contributed by atoms with Crippen LogP contribution in [-0.2, 0) is 0 Å². The number of nitrogens with zero attached hydrogens (tertiary/aromatic N) is 2. The van der Waals surface area contributed by atoms with Crippen molar-refractivity contribution in [1.29, 1.82) is 5.26 Å². The van der Waals surface area contributed by atoms with Gasteiger partial charge in [0.1, 0.15) is 0 Å². The molecule has 16 heavy (non-hydrogen) atoms. The number of hydrogen-bond acceptors (Lipinski definition) is 2. The molecule has 0 rings (SSSR count). The summed E-state index contributed by atoms with van der Waals surface area (Å²) in [5.74, 6) is 0.753. The molecule has 0 saturated heterocycles. The van der Waals surface area contributed by atoms with E-state index < -0.39 is 0 Å². The van der Waals surface area contributed by atoms with Crippen molar-refractivity contribution in [3.63, 3.8) is 0 Å².